The summed E-state index contributed by atoms with van der Waals surface area (Å²) in [6.45, 7) is 0.0975. The molecule has 0 aliphatic carbocycles. The van der Waals surface area contributed by atoms with Crippen LogP contribution in [0.4, 0.5) is 13.2 Å². The number of amides is 1. The zero-order chi connectivity index (χ0) is 31.4. The standard InChI is InChI=1S/C24H25F3N6O7S3/c1-39-9-8-29-21(34)16-4-2-3-14(11-16)15-5-6-17-18(12-15)41-23(31-17)20(42(35,36)10-7-24(25,26)27)22-33-32-19(40-22)13-30-43(28,37)38/h2-6,11-12,20,30H,7-10,13H2,1H3,(H,29,34)(H2,28,37,38). The van der Waals surface area contributed by atoms with Crippen LogP contribution in [0.2, 0.25) is 0 Å². The smallest absolute Gasteiger partial charge is 0.390 e. The molecule has 0 aliphatic heterocycles. The number of thiazole rings is 1. The van der Waals surface area contributed by atoms with E-state index in [1.165, 1.54) is 7.11 Å². The molecule has 19 heteroatoms. The molecule has 2 aromatic heterocycles. The number of aromatic nitrogens is 3. The molecular formula is C24H25F3N6O7S3. The molecule has 0 aliphatic rings. The number of alkyl halides is 3. The third kappa shape index (κ3) is 8.77. The predicted octanol–water partition coefficient (Wildman–Crippen LogP) is 2.47. The van der Waals surface area contributed by atoms with Gasteiger partial charge in [0.2, 0.25) is 11.8 Å². The van der Waals surface area contributed by atoms with Crippen LogP contribution in [0.3, 0.4) is 0 Å². The predicted molar refractivity (Wildman–Crippen MR) is 150 cm³/mol. The molecule has 0 fully saturated rings. The minimum absolute atomic E-state index is 0.129. The van der Waals surface area contributed by atoms with Crippen LogP contribution in [0.15, 0.2) is 46.9 Å². The normalized spacial score (nSPS) is 13.3. The molecule has 0 saturated heterocycles. The number of hydrogen-bond acceptors (Lipinski definition) is 11. The van der Waals surface area contributed by atoms with Gasteiger partial charge in [0.1, 0.15) is 5.01 Å². The Labute approximate surface area is 247 Å². The second-order valence-electron chi connectivity index (χ2n) is 9.08. The van der Waals surface area contributed by atoms with Gasteiger partial charge in [0.25, 0.3) is 16.1 Å². The maximum Gasteiger partial charge on any atom is 0.390 e. The number of benzene rings is 2. The third-order valence-corrected chi connectivity index (χ3v) is 9.53. The fourth-order valence-electron chi connectivity index (χ4n) is 3.84. The van der Waals surface area contributed by atoms with E-state index < -0.39 is 56.1 Å². The van der Waals surface area contributed by atoms with Crippen molar-refractivity contribution in [2.45, 2.75) is 24.4 Å². The van der Waals surface area contributed by atoms with Crippen LogP contribution in [0.25, 0.3) is 21.3 Å². The average Bonchev–Trinajstić information content (AvgIpc) is 3.57. The molecule has 0 bridgehead atoms. The number of nitrogens with zero attached hydrogens (tertiary/aromatic N) is 3. The van der Waals surface area contributed by atoms with Gasteiger partial charge in [0.05, 0.1) is 35.5 Å². The molecule has 4 N–H and O–H groups in total. The average molecular weight is 663 g/mol. The van der Waals surface area contributed by atoms with Gasteiger partial charge in [-0.05, 0) is 35.4 Å². The van der Waals surface area contributed by atoms with Crippen LogP contribution < -0.4 is 15.2 Å². The first kappa shape index (κ1) is 32.4. The molecule has 2 aromatic carbocycles. The Bertz CT molecular complexity index is 1830. The van der Waals surface area contributed by atoms with Crippen molar-refractivity contribution in [2.75, 3.05) is 26.0 Å². The molecule has 0 saturated carbocycles. The largest absolute Gasteiger partial charge is 0.422 e. The molecular weight excluding hydrogens is 637 g/mol. The summed E-state index contributed by atoms with van der Waals surface area (Å²) in [5, 5.41) is 12.9. The highest BCUT2D eigenvalue weighted by molar-refractivity contribution is 7.92. The molecule has 0 spiro atoms. The molecule has 43 heavy (non-hydrogen) atoms. The number of hydrogen-bond donors (Lipinski definition) is 3. The molecule has 1 amide bonds. The van der Waals surface area contributed by atoms with Crippen LogP contribution in [0, 0.1) is 0 Å². The van der Waals surface area contributed by atoms with Crippen molar-refractivity contribution in [3.63, 3.8) is 0 Å². The highest BCUT2D eigenvalue weighted by Gasteiger charge is 2.40. The highest BCUT2D eigenvalue weighted by atomic mass is 32.2. The van der Waals surface area contributed by atoms with E-state index in [9.17, 15) is 34.8 Å². The van der Waals surface area contributed by atoms with Crippen molar-refractivity contribution in [1.82, 2.24) is 25.2 Å². The SMILES string of the molecule is COCCNC(=O)c1cccc(-c2ccc3nc(C(c4nnc(CNS(N)(=O)=O)o4)S(=O)(=O)CCC(F)(F)F)sc3c2)c1. The Balaban J connectivity index is 1.69. The van der Waals surface area contributed by atoms with Crippen molar-refractivity contribution in [2.24, 2.45) is 5.14 Å². The van der Waals surface area contributed by atoms with E-state index in [2.05, 4.69) is 20.5 Å². The van der Waals surface area contributed by atoms with Crippen molar-refractivity contribution >= 4 is 47.5 Å². The Morgan fingerprint density at radius 1 is 1.12 bits per heavy atom. The van der Waals surface area contributed by atoms with Gasteiger partial charge in [-0.3, -0.25) is 4.79 Å². The highest BCUT2D eigenvalue weighted by Crippen LogP contribution is 2.38. The fraction of sp³-hybridized carbons (Fsp3) is 0.333. The van der Waals surface area contributed by atoms with E-state index in [4.69, 9.17) is 14.3 Å². The number of sulfone groups is 1. The van der Waals surface area contributed by atoms with E-state index in [1.807, 2.05) is 4.72 Å². The Morgan fingerprint density at radius 2 is 1.86 bits per heavy atom. The van der Waals surface area contributed by atoms with Gasteiger partial charge >= 0.3 is 6.18 Å². The zero-order valence-corrected chi connectivity index (χ0v) is 24.7. The van der Waals surface area contributed by atoms with E-state index in [1.54, 1.807) is 42.5 Å². The molecule has 13 nitrogen and oxygen atoms in total. The van der Waals surface area contributed by atoms with E-state index in [0.29, 0.717) is 40.1 Å². The van der Waals surface area contributed by atoms with Crippen LogP contribution in [0.1, 0.15) is 38.8 Å². The number of methoxy groups -OCH3 is 1. The fourth-order valence-corrected chi connectivity index (χ4v) is 7.24. The first-order valence-corrected chi connectivity index (χ1v) is 16.4. The molecule has 0 radical (unpaired) electrons. The Morgan fingerprint density at radius 3 is 2.56 bits per heavy atom. The minimum atomic E-state index is -4.76. The topological polar surface area (TPSA) is 196 Å². The van der Waals surface area contributed by atoms with Gasteiger partial charge in [-0.1, -0.05) is 18.2 Å². The Kier molecular flexibility index (Phi) is 9.82. The second kappa shape index (κ2) is 13.0. The van der Waals surface area contributed by atoms with Crippen molar-refractivity contribution in [3.8, 4) is 11.1 Å². The van der Waals surface area contributed by atoms with Gasteiger partial charge < -0.3 is 14.5 Å². The first-order chi connectivity index (χ1) is 20.1. The minimum Gasteiger partial charge on any atom is -0.422 e. The summed E-state index contributed by atoms with van der Waals surface area (Å²) in [5.41, 5.74) is 2.09. The molecule has 2 heterocycles. The maximum atomic E-state index is 13.2. The summed E-state index contributed by atoms with van der Waals surface area (Å²) in [4.78, 5) is 16.8. The summed E-state index contributed by atoms with van der Waals surface area (Å²) in [7, 11) is -7.25. The van der Waals surface area contributed by atoms with Crippen LogP contribution in [0.5, 0.6) is 0 Å². The number of nitrogens with two attached hydrogens (primary N) is 1. The van der Waals surface area contributed by atoms with Gasteiger partial charge in [0.15, 0.2) is 15.1 Å². The second-order valence-corrected chi connectivity index (χ2v) is 13.7. The molecule has 232 valence electrons. The van der Waals surface area contributed by atoms with E-state index >= 15 is 0 Å². The number of ether oxygens (including phenoxy) is 1. The summed E-state index contributed by atoms with van der Waals surface area (Å²) in [5.74, 6) is -2.53. The van der Waals surface area contributed by atoms with Crippen molar-refractivity contribution in [1.29, 1.82) is 0 Å². The lowest BCUT2D eigenvalue weighted by atomic mass is 10.0. The number of halogens is 3. The number of carbonyl (C=O) groups excluding carboxylic acids is 1. The summed E-state index contributed by atoms with van der Waals surface area (Å²) >= 11 is 0.896. The number of carbonyl (C=O) groups is 1. The number of rotatable bonds is 13. The molecule has 1 atom stereocenters. The third-order valence-electron chi connectivity index (χ3n) is 5.84. The lowest BCUT2D eigenvalue weighted by molar-refractivity contribution is -0.129. The lowest BCUT2D eigenvalue weighted by Gasteiger charge is -2.13. The number of fused-ring (bicyclic) bond motifs is 1. The van der Waals surface area contributed by atoms with E-state index in [-0.39, 0.29) is 16.8 Å². The maximum absolute atomic E-state index is 13.2. The summed E-state index contributed by atoms with van der Waals surface area (Å²) in [6.07, 6.45) is -6.38. The summed E-state index contributed by atoms with van der Waals surface area (Å²) in [6, 6.07) is 11.8. The van der Waals surface area contributed by atoms with Gasteiger partial charge in [-0.25, -0.2) is 18.5 Å². The van der Waals surface area contributed by atoms with Gasteiger partial charge in [0, 0.05) is 19.2 Å². The zero-order valence-electron chi connectivity index (χ0n) is 22.3. The molecule has 1 unspecified atom stereocenters. The molecule has 4 aromatic rings. The van der Waals surface area contributed by atoms with Crippen LogP contribution in [-0.4, -0.2) is 70.1 Å². The van der Waals surface area contributed by atoms with Crippen molar-refractivity contribution in [3.05, 3.63) is 64.8 Å². The van der Waals surface area contributed by atoms with Crippen LogP contribution >= 0.6 is 11.3 Å². The summed E-state index contributed by atoms with van der Waals surface area (Å²) < 4.78 is 100. The quantitative estimate of drug-likeness (QED) is 0.179. The molecule has 4 rings (SSSR count). The number of nitrogens with one attached hydrogen (secondary N) is 2. The first-order valence-electron chi connectivity index (χ1n) is 12.3. The van der Waals surface area contributed by atoms with Crippen molar-refractivity contribution < 1.29 is 44.0 Å². The van der Waals surface area contributed by atoms with Gasteiger partial charge in [-0.15, -0.1) is 21.5 Å². The monoisotopic (exact) mass is 662 g/mol. The van der Waals surface area contributed by atoms with Gasteiger partial charge in [-0.2, -0.15) is 26.3 Å². The van der Waals surface area contributed by atoms with Crippen LogP contribution in [-0.2, 0) is 31.3 Å². The van der Waals surface area contributed by atoms with E-state index in [0.717, 1.165) is 11.3 Å². The lowest BCUT2D eigenvalue weighted by Crippen LogP contribution is -2.30. The Hall–Kier alpha value is -3.49.